The first-order chi connectivity index (χ1) is 10.0. The molecule has 1 saturated heterocycles. The molecule has 2 bridgehead atoms. The summed E-state index contributed by atoms with van der Waals surface area (Å²) < 4.78 is 0. The largest absolute Gasteiger partial charge is 0.287 e. The van der Waals surface area contributed by atoms with Gasteiger partial charge in [0.2, 0.25) is 0 Å². The minimum atomic E-state index is 0.230. The molecular formula is C21H33N. The molecule has 1 heteroatoms. The highest BCUT2D eigenvalue weighted by Gasteiger charge is 2.48. The summed E-state index contributed by atoms with van der Waals surface area (Å²) in [6, 6.07) is 6.79. The van der Waals surface area contributed by atoms with E-state index in [9.17, 15) is 0 Å². The molecule has 2 aliphatic heterocycles. The van der Waals surface area contributed by atoms with Crippen LogP contribution in [-0.2, 0) is 10.8 Å². The smallest absolute Gasteiger partial charge is 0.0364 e. The molecule has 2 atom stereocenters. The van der Waals surface area contributed by atoms with Gasteiger partial charge in [0.15, 0.2) is 0 Å². The van der Waals surface area contributed by atoms with Gasteiger partial charge in [-0.2, -0.15) is 0 Å². The van der Waals surface area contributed by atoms with Crippen LogP contribution in [0.5, 0.6) is 0 Å². The second kappa shape index (κ2) is 4.84. The Bertz CT molecular complexity index is 534. The summed E-state index contributed by atoms with van der Waals surface area (Å²) in [7, 11) is 0. The minimum Gasteiger partial charge on any atom is -0.287 e. The number of hydrogen-bond acceptors (Lipinski definition) is 1. The highest BCUT2D eigenvalue weighted by Crippen LogP contribution is 2.58. The quantitative estimate of drug-likeness (QED) is 0.625. The third kappa shape index (κ3) is 2.24. The first-order valence-corrected chi connectivity index (χ1v) is 8.98. The van der Waals surface area contributed by atoms with Gasteiger partial charge in [-0.15, -0.1) is 0 Å². The summed E-state index contributed by atoms with van der Waals surface area (Å²) in [6.07, 6.45) is 2.68. The van der Waals surface area contributed by atoms with Gasteiger partial charge >= 0.3 is 0 Å². The van der Waals surface area contributed by atoms with Crippen LogP contribution in [-0.4, -0.2) is 10.9 Å². The van der Waals surface area contributed by atoms with Gasteiger partial charge in [-0.1, -0.05) is 53.7 Å². The van der Waals surface area contributed by atoms with Gasteiger partial charge in [0.25, 0.3) is 0 Å². The van der Waals surface area contributed by atoms with Crippen LogP contribution in [0.15, 0.2) is 12.1 Å². The van der Waals surface area contributed by atoms with Crippen molar-refractivity contribution < 1.29 is 0 Å². The molecule has 22 heavy (non-hydrogen) atoms. The molecule has 0 aliphatic carbocycles. The lowest BCUT2D eigenvalue weighted by Crippen LogP contribution is -2.28. The predicted octanol–water partition coefficient (Wildman–Crippen LogP) is 5.88. The van der Waals surface area contributed by atoms with Gasteiger partial charge in [0, 0.05) is 18.1 Å². The standard InChI is InChI=1S/C21H33N/c1-13(2)22-16-11-12-17(22)19-15(21(6,7)8)10-9-14(18(16)19)20(3,4)5/h9-10,13,16-17H,11-12H2,1-8H3. The van der Waals surface area contributed by atoms with Crippen molar-refractivity contribution in [2.45, 2.75) is 97.2 Å². The first-order valence-electron chi connectivity index (χ1n) is 8.98. The van der Waals surface area contributed by atoms with Crippen LogP contribution in [0, 0.1) is 0 Å². The Morgan fingerprint density at radius 2 is 1.18 bits per heavy atom. The summed E-state index contributed by atoms with van der Waals surface area (Å²) in [5.41, 5.74) is 6.98. The lowest BCUT2D eigenvalue weighted by atomic mass is 9.72. The van der Waals surface area contributed by atoms with E-state index in [1.165, 1.54) is 12.8 Å². The van der Waals surface area contributed by atoms with Gasteiger partial charge in [-0.05, 0) is 59.8 Å². The van der Waals surface area contributed by atoms with Crippen molar-refractivity contribution in [2.24, 2.45) is 0 Å². The van der Waals surface area contributed by atoms with Crippen LogP contribution in [0.3, 0.4) is 0 Å². The van der Waals surface area contributed by atoms with E-state index >= 15 is 0 Å². The fourth-order valence-electron chi connectivity index (χ4n) is 4.80. The molecule has 1 fully saturated rings. The Balaban J connectivity index is 2.27. The van der Waals surface area contributed by atoms with E-state index in [2.05, 4.69) is 72.4 Å². The lowest BCUT2D eigenvalue weighted by Gasteiger charge is -2.31. The first kappa shape index (κ1) is 16.1. The van der Waals surface area contributed by atoms with Crippen molar-refractivity contribution >= 4 is 0 Å². The molecule has 122 valence electrons. The summed E-state index contributed by atoms with van der Waals surface area (Å²) in [4.78, 5) is 2.79. The maximum absolute atomic E-state index is 2.79. The van der Waals surface area contributed by atoms with Gasteiger partial charge in [-0.25, -0.2) is 0 Å². The predicted molar refractivity (Wildman–Crippen MR) is 95.5 cm³/mol. The average molecular weight is 300 g/mol. The van der Waals surface area contributed by atoms with E-state index in [0.717, 1.165) is 0 Å². The molecule has 1 aromatic carbocycles. The summed E-state index contributed by atoms with van der Waals surface area (Å²) in [5.74, 6) is 0. The normalized spacial score (nSPS) is 25.1. The van der Waals surface area contributed by atoms with Crippen molar-refractivity contribution in [1.29, 1.82) is 0 Å². The number of hydrogen-bond donors (Lipinski definition) is 0. The monoisotopic (exact) mass is 299 g/mol. The number of benzene rings is 1. The SMILES string of the molecule is CC(C)N1C2CCC1c1c(C(C)(C)C)ccc(C(C)(C)C)c12. The summed E-state index contributed by atoms with van der Waals surface area (Å²) >= 11 is 0. The van der Waals surface area contributed by atoms with E-state index in [0.29, 0.717) is 18.1 Å². The van der Waals surface area contributed by atoms with Crippen LogP contribution in [0.4, 0.5) is 0 Å². The van der Waals surface area contributed by atoms with Crippen LogP contribution in [0.1, 0.15) is 103 Å². The molecule has 1 aromatic rings. The Morgan fingerprint density at radius 3 is 1.45 bits per heavy atom. The third-order valence-corrected chi connectivity index (χ3v) is 5.60. The molecule has 2 aliphatic rings. The summed E-state index contributed by atoms with van der Waals surface area (Å²) in [6.45, 7) is 18.9. The molecule has 0 radical (unpaired) electrons. The highest BCUT2D eigenvalue weighted by atomic mass is 15.3. The lowest BCUT2D eigenvalue weighted by molar-refractivity contribution is 0.172. The second-order valence-corrected chi connectivity index (χ2v) is 9.64. The molecule has 0 amide bonds. The topological polar surface area (TPSA) is 3.24 Å². The average Bonchev–Trinajstić information content (AvgIpc) is 2.91. The van der Waals surface area contributed by atoms with Gasteiger partial charge < -0.3 is 0 Å². The number of fused-ring (bicyclic) bond motifs is 5. The molecule has 0 saturated carbocycles. The minimum absolute atomic E-state index is 0.230. The number of nitrogens with zero attached hydrogens (tertiary/aromatic N) is 1. The van der Waals surface area contributed by atoms with E-state index in [1.54, 1.807) is 22.3 Å². The Kier molecular flexibility index (Phi) is 3.53. The molecule has 2 heterocycles. The van der Waals surface area contributed by atoms with Gasteiger partial charge in [-0.3, -0.25) is 4.90 Å². The fourth-order valence-corrected chi connectivity index (χ4v) is 4.80. The van der Waals surface area contributed by atoms with Gasteiger partial charge in [0.1, 0.15) is 0 Å². The van der Waals surface area contributed by atoms with Crippen molar-refractivity contribution in [3.05, 3.63) is 34.4 Å². The third-order valence-electron chi connectivity index (χ3n) is 5.60. The van der Waals surface area contributed by atoms with Crippen molar-refractivity contribution in [1.82, 2.24) is 4.90 Å². The van der Waals surface area contributed by atoms with Crippen LogP contribution in [0.2, 0.25) is 0 Å². The Labute approximate surface area is 137 Å². The maximum atomic E-state index is 2.79. The molecule has 0 N–H and O–H groups in total. The molecule has 1 nitrogen and oxygen atoms in total. The molecular weight excluding hydrogens is 266 g/mol. The van der Waals surface area contributed by atoms with E-state index in [4.69, 9.17) is 0 Å². The second-order valence-electron chi connectivity index (χ2n) is 9.64. The zero-order valence-electron chi connectivity index (χ0n) is 15.7. The van der Waals surface area contributed by atoms with E-state index in [-0.39, 0.29) is 10.8 Å². The fraction of sp³-hybridized carbons (Fsp3) is 0.714. The van der Waals surface area contributed by atoms with E-state index in [1.807, 2.05) is 0 Å². The zero-order valence-corrected chi connectivity index (χ0v) is 15.7. The molecule has 0 aromatic heterocycles. The van der Waals surface area contributed by atoms with Gasteiger partial charge in [0.05, 0.1) is 0 Å². The van der Waals surface area contributed by atoms with Crippen molar-refractivity contribution in [2.75, 3.05) is 0 Å². The highest BCUT2D eigenvalue weighted by molar-refractivity contribution is 5.54. The van der Waals surface area contributed by atoms with Crippen LogP contribution in [0.25, 0.3) is 0 Å². The molecule has 3 rings (SSSR count). The Morgan fingerprint density at radius 1 is 0.818 bits per heavy atom. The van der Waals surface area contributed by atoms with Crippen LogP contribution >= 0.6 is 0 Å². The van der Waals surface area contributed by atoms with Crippen LogP contribution < -0.4 is 0 Å². The van der Waals surface area contributed by atoms with Crippen molar-refractivity contribution in [3.8, 4) is 0 Å². The van der Waals surface area contributed by atoms with E-state index < -0.39 is 0 Å². The summed E-state index contributed by atoms with van der Waals surface area (Å²) in [5, 5.41) is 0. The molecule has 2 unspecified atom stereocenters. The Hall–Kier alpha value is -0.820. The van der Waals surface area contributed by atoms with Crippen molar-refractivity contribution in [3.63, 3.8) is 0 Å². The molecule has 0 spiro atoms. The maximum Gasteiger partial charge on any atom is 0.0364 e. The zero-order chi connectivity index (χ0) is 16.4. The number of rotatable bonds is 1.